The second-order valence-electron chi connectivity index (χ2n) is 9.74. The van der Waals surface area contributed by atoms with Crippen LogP contribution in [0.25, 0.3) is 22.5 Å². The van der Waals surface area contributed by atoms with Gasteiger partial charge >= 0.3 is 5.97 Å². The molecule has 2 aromatic carbocycles. The maximum Gasteiger partial charge on any atom is 0.337 e. The molecule has 1 heterocycles. The molecule has 3 N–H and O–H groups in total. The number of carboxylic acids is 1. The second-order valence-corrected chi connectivity index (χ2v) is 9.74. The number of unbranched alkanes of at least 4 members (excludes halogenated alkanes) is 2. The van der Waals surface area contributed by atoms with Gasteiger partial charge in [-0.2, -0.15) is 5.21 Å². The number of aromatic nitrogens is 4. The van der Waals surface area contributed by atoms with Crippen molar-refractivity contribution in [3.8, 4) is 22.5 Å². The highest BCUT2D eigenvalue weighted by molar-refractivity contribution is 6.10. The second kappa shape index (κ2) is 13.7. The number of carboxylic acid groups (broad SMARTS) is 1. The molecule has 1 aromatic heterocycles. The van der Waals surface area contributed by atoms with Crippen LogP contribution in [0.5, 0.6) is 0 Å². The lowest BCUT2D eigenvalue weighted by molar-refractivity contribution is -0.171. The first-order valence-electron chi connectivity index (χ1n) is 13.4. The molecule has 39 heavy (non-hydrogen) atoms. The van der Waals surface area contributed by atoms with E-state index in [1.165, 1.54) is 11.8 Å². The van der Waals surface area contributed by atoms with Crippen molar-refractivity contribution in [1.82, 2.24) is 25.5 Å². The zero-order valence-corrected chi connectivity index (χ0v) is 22.8. The number of hydrogen-bond donors (Lipinski definition) is 3. The monoisotopic (exact) mass is 535 g/mol. The summed E-state index contributed by atoms with van der Waals surface area (Å²) in [5, 5.41) is 34.8. The van der Waals surface area contributed by atoms with Crippen molar-refractivity contribution in [2.24, 2.45) is 5.92 Å². The van der Waals surface area contributed by atoms with Crippen LogP contribution in [0.15, 0.2) is 48.5 Å². The van der Waals surface area contributed by atoms with Gasteiger partial charge in [-0.15, -0.1) is 10.2 Å². The zero-order chi connectivity index (χ0) is 28.4. The van der Waals surface area contributed by atoms with E-state index in [0.29, 0.717) is 30.7 Å². The molecule has 0 bridgehead atoms. The molecule has 0 radical (unpaired) electrons. The smallest absolute Gasteiger partial charge is 0.337 e. The number of nitrogens with one attached hydrogen (secondary N) is 1. The maximum atomic E-state index is 13.6. The van der Waals surface area contributed by atoms with E-state index >= 15 is 0 Å². The van der Waals surface area contributed by atoms with Gasteiger partial charge in [0.15, 0.2) is 5.78 Å². The third-order valence-electron chi connectivity index (χ3n) is 7.09. The van der Waals surface area contributed by atoms with E-state index in [0.717, 1.165) is 23.1 Å². The number of Topliss-reactive ketones (excluding diaryl/α,β-unsaturated/α-hetero) is 1. The lowest BCUT2D eigenvalue weighted by atomic mass is 9.77. The molecule has 208 valence electrons. The first kappa shape index (κ1) is 29.6. The number of H-pyrrole nitrogens is 1. The molecule has 1 amide bonds. The van der Waals surface area contributed by atoms with Gasteiger partial charge in [0.2, 0.25) is 17.3 Å². The van der Waals surface area contributed by atoms with E-state index in [1.54, 1.807) is 0 Å². The normalized spacial score (nSPS) is 13.4. The third-order valence-corrected chi connectivity index (χ3v) is 7.09. The first-order valence-corrected chi connectivity index (χ1v) is 13.4. The van der Waals surface area contributed by atoms with Crippen molar-refractivity contribution in [3.05, 3.63) is 54.1 Å². The predicted octanol–water partition coefficient (Wildman–Crippen LogP) is 4.26. The van der Waals surface area contributed by atoms with Gasteiger partial charge in [-0.25, -0.2) is 4.79 Å². The standard InChI is InChI=1S/C29H37N5O5/c1-4-6-12-25(36)29(28(38)39,20(3)19-35)34(26(37)13-7-5-2)18-21-14-16-22(17-15-21)23-10-8-9-11-24(23)27-30-32-33-31-27/h8-11,14-17,20,35H,4-7,12-13,18-19H2,1-3H3,(H,38,39)(H,30,31,32,33)/t20?,29-/m0/s1. The van der Waals surface area contributed by atoms with Crippen LogP contribution in [0.3, 0.4) is 0 Å². The number of carbonyl (C=O) groups is 3. The number of benzene rings is 2. The van der Waals surface area contributed by atoms with Crippen LogP contribution in [0.4, 0.5) is 0 Å². The van der Waals surface area contributed by atoms with Crippen LogP contribution in [-0.4, -0.2) is 65.5 Å². The molecule has 0 aliphatic heterocycles. The Morgan fingerprint density at radius 2 is 1.62 bits per heavy atom. The molecule has 3 rings (SSSR count). The van der Waals surface area contributed by atoms with Crippen LogP contribution < -0.4 is 0 Å². The van der Waals surface area contributed by atoms with Gasteiger partial charge in [-0.05, 0) is 34.7 Å². The molecule has 0 aliphatic carbocycles. The van der Waals surface area contributed by atoms with Gasteiger partial charge in [-0.3, -0.25) is 9.59 Å². The summed E-state index contributed by atoms with van der Waals surface area (Å²) in [4.78, 5) is 41.2. The summed E-state index contributed by atoms with van der Waals surface area (Å²) in [5.74, 6) is -2.94. The number of tetrazole rings is 1. The van der Waals surface area contributed by atoms with Crippen molar-refractivity contribution >= 4 is 17.7 Å². The Labute approximate surface area is 228 Å². The minimum atomic E-state index is -2.17. The summed E-state index contributed by atoms with van der Waals surface area (Å²) in [6.45, 7) is 4.73. The Morgan fingerprint density at radius 1 is 0.974 bits per heavy atom. The number of ketones is 1. The van der Waals surface area contributed by atoms with Gasteiger partial charge in [-0.1, -0.05) is 82.1 Å². The van der Waals surface area contributed by atoms with Crippen molar-refractivity contribution in [2.45, 2.75) is 71.4 Å². The van der Waals surface area contributed by atoms with E-state index in [2.05, 4.69) is 20.6 Å². The molecule has 0 fully saturated rings. The van der Waals surface area contributed by atoms with Crippen LogP contribution in [-0.2, 0) is 20.9 Å². The SMILES string of the molecule is CCCCC(=O)N(Cc1ccc(-c2ccccc2-c2nn[nH]n2)cc1)[C@](C(=O)O)(C(=O)CCCC)C(C)CO. The number of aliphatic carboxylic acids is 1. The van der Waals surface area contributed by atoms with Crippen molar-refractivity contribution in [2.75, 3.05) is 6.61 Å². The minimum Gasteiger partial charge on any atom is -0.479 e. The van der Waals surface area contributed by atoms with E-state index in [-0.39, 0.29) is 19.4 Å². The molecule has 1 unspecified atom stereocenters. The molecule has 0 aliphatic rings. The number of amides is 1. The highest BCUT2D eigenvalue weighted by atomic mass is 16.4. The van der Waals surface area contributed by atoms with E-state index < -0.39 is 35.7 Å². The topological polar surface area (TPSA) is 149 Å². The van der Waals surface area contributed by atoms with Gasteiger partial charge in [0.05, 0.1) is 0 Å². The summed E-state index contributed by atoms with van der Waals surface area (Å²) < 4.78 is 0. The van der Waals surface area contributed by atoms with E-state index in [1.807, 2.05) is 62.4 Å². The average molecular weight is 536 g/mol. The number of carbonyl (C=O) groups excluding carboxylic acids is 2. The summed E-state index contributed by atoms with van der Waals surface area (Å²) in [6.07, 6.45) is 2.63. The van der Waals surface area contributed by atoms with Crippen LogP contribution in [0.1, 0.15) is 64.9 Å². The van der Waals surface area contributed by atoms with Crippen molar-refractivity contribution < 1.29 is 24.6 Å². The number of aliphatic hydroxyl groups excluding tert-OH is 1. The molecule has 3 aromatic rings. The minimum absolute atomic E-state index is 0.0104. The molecular formula is C29H37N5O5. The largest absolute Gasteiger partial charge is 0.479 e. The molecule has 10 heteroatoms. The Morgan fingerprint density at radius 3 is 2.18 bits per heavy atom. The number of aromatic amines is 1. The summed E-state index contributed by atoms with van der Waals surface area (Å²) in [6, 6.07) is 15.0. The molecular weight excluding hydrogens is 498 g/mol. The highest BCUT2D eigenvalue weighted by Crippen LogP contribution is 2.34. The fourth-order valence-corrected chi connectivity index (χ4v) is 4.85. The lowest BCUT2D eigenvalue weighted by Crippen LogP contribution is -2.66. The molecule has 2 atom stereocenters. The lowest BCUT2D eigenvalue weighted by Gasteiger charge is -2.43. The Hall–Kier alpha value is -3.92. The Bertz CT molecular complexity index is 1250. The quantitative estimate of drug-likeness (QED) is 0.244. The summed E-state index contributed by atoms with van der Waals surface area (Å²) >= 11 is 0. The summed E-state index contributed by atoms with van der Waals surface area (Å²) in [5.41, 5.74) is 1.04. The molecule has 0 saturated heterocycles. The average Bonchev–Trinajstić information content (AvgIpc) is 3.49. The van der Waals surface area contributed by atoms with E-state index in [9.17, 15) is 24.6 Å². The zero-order valence-electron chi connectivity index (χ0n) is 22.8. The third kappa shape index (κ3) is 6.39. The number of rotatable bonds is 15. The van der Waals surface area contributed by atoms with E-state index in [4.69, 9.17) is 0 Å². The van der Waals surface area contributed by atoms with Gasteiger partial charge in [0.1, 0.15) is 0 Å². The Kier molecular flexibility index (Phi) is 10.4. The van der Waals surface area contributed by atoms with Crippen LogP contribution >= 0.6 is 0 Å². The molecule has 0 spiro atoms. The van der Waals surface area contributed by atoms with Gasteiger partial charge < -0.3 is 15.1 Å². The van der Waals surface area contributed by atoms with Crippen molar-refractivity contribution in [1.29, 1.82) is 0 Å². The fraction of sp³-hybridized carbons (Fsp3) is 0.448. The number of hydrogen-bond acceptors (Lipinski definition) is 7. The van der Waals surface area contributed by atoms with Gasteiger partial charge in [0.25, 0.3) is 0 Å². The fourth-order valence-electron chi connectivity index (χ4n) is 4.85. The molecule has 0 saturated carbocycles. The highest BCUT2D eigenvalue weighted by Gasteiger charge is 2.55. The molecule has 10 nitrogen and oxygen atoms in total. The Balaban J connectivity index is 2.03. The van der Waals surface area contributed by atoms with Crippen LogP contribution in [0, 0.1) is 5.92 Å². The van der Waals surface area contributed by atoms with Gasteiger partial charge in [0, 0.05) is 37.5 Å². The summed E-state index contributed by atoms with van der Waals surface area (Å²) in [7, 11) is 0. The number of nitrogens with zero attached hydrogens (tertiary/aromatic N) is 4. The maximum absolute atomic E-state index is 13.6. The first-order chi connectivity index (χ1) is 18.8. The number of aliphatic hydroxyl groups is 1. The predicted molar refractivity (Wildman–Crippen MR) is 146 cm³/mol. The van der Waals surface area contributed by atoms with Crippen molar-refractivity contribution in [3.63, 3.8) is 0 Å². The van der Waals surface area contributed by atoms with Crippen LogP contribution in [0.2, 0.25) is 0 Å².